The van der Waals surface area contributed by atoms with Crippen LogP contribution in [-0.4, -0.2) is 29.9 Å². The van der Waals surface area contributed by atoms with Crippen LogP contribution >= 0.6 is 11.8 Å². The number of hydrogen-bond acceptors (Lipinski definition) is 7. The van der Waals surface area contributed by atoms with Crippen molar-refractivity contribution < 1.29 is 4.42 Å². The first-order valence-corrected chi connectivity index (χ1v) is 8.63. The third kappa shape index (κ3) is 3.29. The maximum atomic E-state index is 5.43. The molecule has 4 aromatic rings. The molecule has 4 rings (SSSR count). The molecule has 0 fully saturated rings. The predicted octanol–water partition coefficient (Wildman–Crippen LogP) is 3.31. The summed E-state index contributed by atoms with van der Waals surface area (Å²) in [5.74, 6) is 2.41. The summed E-state index contributed by atoms with van der Waals surface area (Å²) in [6, 6.07) is 13.8. The highest BCUT2D eigenvalue weighted by atomic mass is 32.2. The molecule has 0 saturated heterocycles. The predicted molar refractivity (Wildman–Crippen MR) is 93.2 cm³/mol. The van der Waals surface area contributed by atoms with Crippen LogP contribution in [0.5, 0.6) is 0 Å². The largest absolute Gasteiger partial charge is 0.425 e. The minimum Gasteiger partial charge on any atom is -0.425 e. The fraction of sp³-hybridized carbons (Fsp3) is 0.118. The Morgan fingerprint density at radius 2 is 1.76 bits per heavy atom. The van der Waals surface area contributed by atoms with Gasteiger partial charge < -0.3 is 4.42 Å². The van der Waals surface area contributed by atoms with Crippen LogP contribution in [0.1, 0.15) is 11.8 Å². The number of hydrogen-bond donors (Lipinski definition) is 0. The van der Waals surface area contributed by atoms with Crippen molar-refractivity contribution in [3.05, 3.63) is 66.6 Å². The van der Waals surface area contributed by atoms with Crippen molar-refractivity contribution in [3.8, 4) is 17.1 Å². The molecule has 0 unspecified atom stereocenters. The van der Waals surface area contributed by atoms with E-state index in [2.05, 4.69) is 25.4 Å². The second kappa shape index (κ2) is 6.86. The van der Waals surface area contributed by atoms with E-state index in [4.69, 9.17) is 4.42 Å². The molecule has 1 aromatic carbocycles. The van der Waals surface area contributed by atoms with E-state index in [1.165, 1.54) is 11.8 Å². The van der Waals surface area contributed by atoms with Gasteiger partial charge in [0.25, 0.3) is 0 Å². The number of nitrogens with zero attached hydrogens (tertiary/aromatic N) is 6. The van der Waals surface area contributed by atoms with Gasteiger partial charge in [-0.05, 0) is 24.3 Å². The third-order valence-corrected chi connectivity index (χ3v) is 4.39. The van der Waals surface area contributed by atoms with E-state index in [1.807, 2.05) is 47.0 Å². The lowest BCUT2D eigenvalue weighted by Gasteiger charge is -2.09. The summed E-state index contributed by atoms with van der Waals surface area (Å²) in [6.45, 7) is 1.77. The highest BCUT2D eigenvalue weighted by Crippen LogP contribution is 2.29. The van der Waals surface area contributed by atoms with E-state index in [0.717, 1.165) is 22.2 Å². The molecule has 0 atom stereocenters. The molecular formula is C17H14N6OS. The van der Waals surface area contributed by atoms with E-state index < -0.39 is 0 Å². The lowest BCUT2D eigenvalue weighted by molar-refractivity contribution is 0.485. The minimum atomic E-state index is 0.530. The highest BCUT2D eigenvalue weighted by molar-refractivity contribution is 7.98. The Labute approximate surface area is 148 Å². The summed E-state index contributed by atoms with van der Waals surface area (Å²) in [4.78, 5) is 4.07. The first kappa shape index (κ1) is 15.5. The van der Waals surface area contributed by atoms with Gasteiger partial charge in [0.2, 0.25) is 11.8 Å². The van der Waals surface area contributed by atoms with Crippen LogP contribution in [0.4, 0.5) is 0 Å². The molecule has 0 N–H and O–H groups in total. The molecule has 0 aliphatic carbocycles. The number of benzene rings is 1. The summed E-state index contributed by atoms with van der Waals surface area (Å²) >= 11 is 1.50. The second-order valence-corrected chi connectivity index (χ2v) is 6.16. The highest BCUT2D eigenvalue weighted by Gasteiger charge is 2.17. The average molecular weight is 350 g/mol. The van der Waals surface area contributed by atoms with Gasteiger partial charge in [-0.3, -0.25) is 9.55 Å². The van der Waals surface area contributed by atoms with Crippen LogP contribution in [0.3, 0.4) is 0 Å². The summed E-state index contributed by atoms with van der Waals surface area (Å²) in [6.07, 6.45) is 3.49. The van der Waals surface area contributed by atoms with Gasteiger partial charge in [-0.2, -0.15) is 0 Å². The fourth-order valence-electron chi connectivity index (χ4n) is 2.38. The zero-order valence-corrected chi connectivity index (χ0v) is 14.2. The lowest BCUT2D eigenvalue weighted by Crippen LogP contribution is -1.99. The Bertz CT molecular complexity index is 967. The topological polar surface area (TPSA) is 82.5 Å². The van der Waals surface area contributed by atoms with Gasteiger partial charge in [-0.15, -0.1) is 20.4 Å². The monoisotopic (exact) mass is 350 g/mol. The fourth-order valence-corrected chi connectivity index (χ4v) is 3.17. The standard InChI is InChI=1S/C17H14N6OS/c1-12-19-20-15(24-12)11-25-17-22-21-16(13-7-9-18-10-8-13)23(17)14-5-3-2-4-6-14/h2-10H,11H2,1H3. The maximum absolute atomic E-state index is 5.43. The van der Waals surface area contributed by atoms with Gasteiger partial charge in [0.05, 0.1) is 5.75 Å². The average Bonchev–Trinajstić information content (AvgIpc) is 3.27. The van der Waals surface area contributed by atoms with Crippen molar-refractivity contribution in [1.82, 2.24) is 29.9 Å². The van der Waals surface area contributed by atoms with Gasteiger partial charge in [0.1, 0.15) is 0 Å². The molecular weight excluding hydrogens is 336 g/mol. The molecule has 0 spiro atoms. The van der Waals surface area contributed by atoms with Crippen LogP contribution in [0.2, 0.25) is 0 Å². The van der Waals surface area contributed by atoms with Crippen molar-refractivity contribution in [2.75, 3.05) is 0 Å². The first-order valence-electron chi connectivity index (χ1n) is 7.64. The molecule has 0 radical (unpaired) electrons. The van der Waals surface area contributed by atoms with E-state index in [0.29, 0.717) is 17.5 Å². The van der Waals surface area contributed by atoms with Crippen LogP contribution < -0.4 is 0 Å². The molecule has 8 heteroatoms. The zero-order chi connectivity index (χ0) is 17.1. The van der Waals surface area contributed by atoms with E-state index in [-0.39, 0.29) is 0 Å². The Morgan fingerprint density at radius 1 is 0.960 bits per heavy atom. The number of para-hydroxylation sites is 1. The van der Waals surface area contributed by atoms with Gasteiger partial charge in [0.15, 0.2) is 11.0 Å². The summed E-state index contributed by atoms with van der Waals surface area (Å²) < 4.78 is 7.45. The van der Waals surface area contributed by atoms with Crippen LogP contribution in [0.15, 0.2) is 64.4 Å². The number of aromatic nitrogens is 6. The van der Waals surface area contributed by atoms with Crippen molar-refractivity contribution >= 4 is 11.8 Å². The van der Waals surface area contributed by atoms with E-state index in [9.17, 15) is 0 Å². The lowest BCUT2D eigenvalue weighted by atomic mass is 10.2. The Kier molecular flexibility index (Phi) is 4.26. The Morgan fingerprint density at radius 3 is 2.48 bits per heavy atom. The van der Waals surface area contributed by atoms with Crippen LogP contribution in [0.25, 0.3) is 17.1 Å². The van der Waals surface area contributed by atoms with E-state index in [1.54, 1.807) is 19.3 Å². The summed E-state index contributed by atoms with van der Waals surface area (Å²) in [5.41, 5.74) is 1.94. The molecule has 3 heterocycles. The first-order chi connectivity index (χ1) is 12.3. The third-order valence-electron chi connectivity index (χ3n) is 3.48. The van der Waals surface area contributed by atoms with Crippen molar-refractivity contribution in [2.24, 2.45) is 0 Å². The van der Waals surface area contributed by atoms with Gasteiger partial charge in [-0.1, -0.05) is 30.0 Å². The molecule has 0 aliphatic rings. The molecule has 124 valence electrons. The quantitative estimate of drug-likeness (QED) is 0.511. The van der Waals surface area contributed by atoms with Crippen molar-refractivity contribution in [1.29, 1.82) is 0 Å². The van der Waals surface area contributed by atoms with Gasteiger partial charge in [0, 0.05) is 30.6 Å². The molecule has 3 aromatic heterocycles. The maximum Gasteiger partial charge on any atom is 0.226 e. The van der Waals surface area contributed by atoms with E-state index >= 15 is 0 Å². The molecule has 25 heavy (non-hydrogen) atoms. The van der Waals surface area contributed by atoms with Crippen molar-refractivity contribution in [2.45, 2.75) is 17.8 Å². The Hall–Kier alpha value is -3.00. The number of thioether (sulfide) groups is 1. The number of aryl methyl sites for hydroxylation is 1. The van der Waals surface area contributed by atoms with Crippen molar-refractivity contribution in [3.63, 3.8) is 0 Å². The summed E-state index contributed by atoms with van der Waals surface area (Å²) in [7, 11) is 0. The zero-order valence-electron chi connectivity index (χ0n) is 13.4. The molecule has 7 nitrogen and oxygen atoms in total. The number of rotatable bonds is 5. The van der Waals surface area contributed by atoms with Crippen LogP contribution in [-0.2, 0) is 5.75 Å². The molecule has 0 aliphatic heterocycles. The SMILES string of the molecule is Cc1nnc(CSc2nnc(-c3ccncc3)n2-c2ccccc2)o1. The minimum absolute atomic E-state index is 0.530. The molecule has 0 saturated carbocycles. The van der Waals surface area contributed by atoms with Gasteiger partial charge in [-0.25, -0.2) is 0 Å². The Balaban J connectivity index is 1.73. The normalized spacial score (nSPS) is 10.9. The molecule has 0 bridgehead atoms. The smallest absolute Gasteiger partial charge is 0.226 e. The van der Waals surface area contributed by atoms with Crippen LogP contribution in [0, 0.1) is 6.92 Å². The number of pyridine rings is 1. The van der Waals surface area contributed by atoms with Gasteiger partial charge >= 0.3 is 0 Å². The summed E-state index contributed by atoms with van der Waals surface area (Å²) in [5, 5.41) is 17.4. The molecule has 0 amide bonds. The second-order valence-electron chi connectivity index (χ2n) is 5.22.